The van der Waals surface area contributed by atoms with Crippen LogP contribution in [-0.2, 0) is 11.3 Å². The molecule has 0 aliphatic carbocycles. The maximum atomic E-state index is 12.3. The smallest absolute Gasteiger partial charge is 0.326 e. The largest absolute Gasteiger partial charge is 0.480 e. The molecule has 0 radical (unpaired) electrons. The average molecular weight is 345 g/mol. The third kappa shape index (κ3) is 4.10. The number of amides is 1. The highest BCUT2D eigenvalue weighted by atomic mass is 79.9. The highest BCUT2D eigenvalue weighted by Gasteiger charge is 2.26. The fourth-order valence-corrected chi connectivity index (χ4v) is 2.45. The second kappa shape index (κ2) is 7.47. The molecule has 0 spiro atoms. The van der Waals surface area contributed by atoms with Gasteiger partial charge in [0.15, 0.2) is 0 Å². The zero-order valence-electron chi connectivity index (χ0n) is 12.0. The van der Waals surface area contributed by atoms with E-state index in [1.54, 1.807) is 6.07 Å². The molecule has 5 nitrogen and oxygen atoms in total. The second-order valence-electron chi connectivity index (χ2n) is 4.91. The van der Waals surface area contributed by atoms with Crippen molar-refractivity contribution in [1.82, 2.24) is 9.88 Å². The van der Waals surface area contributed by atoms with Crippen molar-refractivity contribution in [3.8, 4) is 0 Å². The van der Waals surface area contributed by atoms with Crippen molar-refractivity contribution in [2.75, 3.05) is 0 Å². The first kappa shape index (κ1) is 16.8. The Balaban J connectivity index is 2.91. The van der Waals surface area contributed by atoms with E-state index >= 15 is 0 Å². The topological polar surface area (TPSA) is 71.3 Å². The van der Waals surface area contributed by atoms with Gasteiger partial charge in [0.2, 0.25) is 0 Å². The summed E-state index contributed by atoms with van der Waals surface area (Å²) in [5.41, 5.74) is 0.480. The Bertz CT molecular complexity index is 485. The van der Waals surface area contributed by atoms with E-state index in [0.29, 0.717) is 12.1 Å². The van der Waals surface area contributed by atoms with Crippen LogP contribution in [0.15, 0.2) is 16.7 Å². The molecule has 0 fully saturated rings. The predicted molar refractivity (Wildman–Crippen MR) is 80.8 cm³/mol. The molecule has 0 aromatic carbocycles. The molecule has 1 heterocycles. The lowest BCUT2D eigenvalue weighted by molar-refractivity contribution is -0.140. The molecule has 0 aliphatic heterocycles. The molecule has 1 rings (SSSR count). The Hall–Kier alpha value is -1.30. The van der Waals surface area contributed by atoms with E-state index in [0.717, 1.165) is 17.4 Å². The van der Waals surface area contributed by atoms with Crippen molar-refractivity contribution in [2.45, 2.75) is 46.2 Å². The van der Waals surface area contributed by atoms with Crippen molar-refractivity contribution in [3.63, 3.8) is 0 Å². The van der Waals surface area contributed by atoms with Gasteiger partial charge in [0, 0.05) is 17.2 Å². The Morgan fingerprint density at radius 2 is 2.10 bits per heavy atom. The number of aromatic nitrogens is 1. The van der Waals surface area contributed by atoms with Crippen molar-refractivity contribution in [3.05, 3.63) is 22.4 Å². The minimum Gasteiger partial charge on any atom is -0.480 e. The van der Waals surface area contributed by atoms with Crippen LogP contribution < -0.4 is 5.32 Å². The van der Waals surface area contributed by atoms with Crippen molar-refractivity contribution < 1.29 is 14.7 Å². The van der Waals surface area contributed by atoms with Crippen LogP contribution in [0.2, 0.25) is 0 Å². The number of carboxylic acids is 1. The van der Waals surface area contributed by atoms with Crippen LogP contribution >= 0.6 is 15.9 Å². The van der Waals surface area contributed by atoms with Gasteiger partial charge in [0.05, 0.1) is 0 Å². The van der Waals surface area contributed by atoms with Gasteiger partial charge in [-0.2, -0.15) is 0 Å². The lowest BCUT2D eigenvalue weighted by atomic mass is 9.99. The summed E-state index contributed by atoms with van der Waals surface area (Å²) in [5.74, 6) is -1.47. The van der Waals surface area contributed by atoms with Crippen LogP contribution in [0.4, 0.5) is 0 Å². The van der Waals surface area contributed by atoms with Crippen molar-refractivity contribution >= 4 is 27.8 Å². The average Bonchev–Trinajstić information content (AvgIpc) is 2.76. The number of aryl methyl sites for hydroxylation is 1. The summed E-state index contributed by atoms with van der Waals surface area (Å²) < 4.78 is 2.64. The monoisotopic (exact) mass is 344 g/mol. The molecule has 0 saturated heterocycles. The molecule has 0 bridgehead atoms. The fraction of sp³-hybridized carbons (Fsp3) is 0.571. The Morgan fingerprint density at radius 3 is 2.60 bits per heavy atom. The Labute approximate surface area is 127 Å². The summed E-state index contributed by atoms with van der Waals surface area (Å²) in [4.78, 5) is 23.5. The van der Waals surface area contributed by atoms with Gasteiger partial charge in [-0.25, -0.2) is 4.79 Å². The summed E-state index contributed by atoms with van der Waals surface area (Å²) in [5, 5.41) is 11.8. The quantitative estimate of drug-likeness (QED) is 0.798. The highest BCUT2D eigenvalue weighted by Crippen LogP contribution is 2.16. The van der Waals surface area contributed by atoms with Gasteiger partial charge in [-0.3, -0.25) is 4.79 Å². The van der Waals surface area contributed by atoms with Gasteiger partial charge in [-0.15, -0.1) is 0 Å². The lowest BCUT2D eigenvalue weighted by Crippen LogP contribution is -2.45. The number of hydrogen-bond acceptors (Lipinski definition) is 2. The third-order valence-corrected chi connectivity index (χ3v) is 3.76. The SMILES string of the molecule is CCCn1cc(Br)cc1C(=O)N[C@H](C(=O)O)C(C)CC. The first-order chi connectivity index (χ1) is 9.40. The second-order valence-corrected chi connectivity index (χ2v) is 5.83. The minimum absolute atomic E-state index is 0.116. The van der Waals surface area contributed by atoms with Crippen LogP contribution in [-0.4, -0.2) is 27.6 Å². The third-order valence-electron chi connectivity index (χ3n) is 3.33. The fourth-order valence-electron chi connectivity index (χ4n) is 1.99. The van der Waals surface area contributed by atoms with E-state index in [2.05, 4.69) is 21.2 Å². The van der Waals surface area contributed by atoms with E-state index in [1.807, 2.05) is 31.5 Å². The van der Waals surface area contributed by atoms with E-state index in [1.165, 1.54) is 0 Å². The van der Waals surface area contributed by atoms with Crippen LogP contribution in [0, 0.1) is 5.92 Å². The van der Waals surface area contributed by atoms with Gasteiger partial charge in [0.1, 0.15) is 11.7 Å². The molecule has 112 valence electrons. The summed E-state index contributed by atoms with van der Waals surface area (Å²) in [7, 11) is 0. The number of nitrogens with zero attached hydrogens (tertiary/aromatic N) is 1. The number of hydrogen-bond donors (Lipinski definition) is 2. The van der Waals surface area contributed by atoms with Gasteiger partial charge in [0.25, 0.3) is 5.91 Å². The number of carbonyl (C=O) groups is 2. The molecular weight excluding hydrogens is 324 g/mol. The first-order valence-corrected chi connectivity index (χ1v) is 7.59. The number of carbonyl (C=O) groups excluding carboxylic acids is 1. The molecule has 6 heteroatoms. The number of aliphatic carboxylic acids is 1. The predicted octanol–water partition coefficient (Wildman–Crippen LogP) is 2.89. The Kier molecular flexibility index (Phi) is 6.26. The normalized spacial score (nSPS) is 13.8. The molecule has 2 atom stereocenters. The summed E-state index contributed by atoms with van der Waals surface area (Å²) in [6, 6.07) is 0.844. The first-order valence-electron chi connectivity index (χ1n) is 6.80. The molecule has 1 aromatic heterocycles. The molecule has 1 aromatic rings. The zero-order chi connectivity index (χ0) is 15.3. The molecule has 2 N–H and O–H groups in total. The van der Waals surface area contributed by atoms with E-state index in [-0.39, 0.29) is 11.8 Å². The molecule has 1 unspecified atom stereocenters. The van der Waals surface area contributed by atoms with E-state index in [9.17, 15) is 14.7 Å². The number of rotatable bonds is 7. The van der Waals surface area contributed by atoms with Crippen molar-refractivity contribution in [1.29, 1.82) is 0 Å². The summed E-state index contributed by atoms with van der Waals surface area (Å²) in [6.07, 6.45) is 3.42. The van der Waals surface area contributed by atoms with Gasteiger partial charge in [-0.1, -0.05) is 27.2 Å². The molecule has 0 saturated carbocycles. The van der Waals surface area contributed by atoms with E-state index < -0.39 is 12.0 Å². The standard InChI is InChI=1S/C14H21BrN2O3/c1-4-6-17-8-10(15)7-11(17)13(18)16-12(14(19)20)9(3)5-2/h7-9,12H,4-6H2,1-3H3,(H,16,18)(H,19,20)/t9?,12-/m0/s1. The van der Waals surface area contributed by atoms with Gasteiger partial charge in [-0.05, 0) is 34.3 Å². The molecule has 1 amide bonds. The lowest BCUT2D eigenvalue weighted by Gasteiger charge is -2.20. The maximum absolute atomic E-state index is 12.3. The van der Waals surface area contributed by atoms with Crippen LogP contribution in [0.1, 0.15) is 44.1 Å². The van der Waals surface area contributed by atoms with Gasteiger partial charge >= 0.3 is 5.97 Å². The molecule has 0 aliphatic rings. The van der Waals surface area contributed by atoms with Crippen LogP contribution in [0.5, 0.6) is 0 Å². The van der Waals surface area contributed by atoms with E-state index in [4.69, 9.17) is 0 Å². The minimum atomic E-state index is -1.000. The Morgan fingerprint density at radius 1 is 1.45 bits per heavy atom. The van der Waals surface area contributed by atoms with Gasteiger partial charge < -0.3 is 15.0 Å². The zero-order valence-corrected chi connectivity index (χ0v) is 13.6. The van der Waals surface area contributed by atoms with Crippen LogP contribution in [0.3, 0.4) is 0 Å². The maximum Gasteiger partial charge on any atom is 0.326 e. The van der Waals surface area contributed by atoms with Crippen molar-refractivity contribution in [2.24, 2.45) is 5.92 Å². The number of halogens is 1. The number of carboxylic acid groups (broad SMARTS) is 1. The highest BCUT2D eigenvalue weighted by molar-refractivity contribution is 9.10. The molecule has 20 heavy (non-hydrogen) atoms. The molecular formula is C14H21BrN2O3. The summed E-state index contributed by atoms with van der Waals surface area (Å²) in [6.45, 7) is 6.47. The number of nitrogens with one attached hydrogen (secondary N) is 1. The summed E-state index contributed by atoms with van der Waals surface area (Å²) >= 11 is 3.34. The van der Waals surface area contributed by atoms with Crippen LogP contribution in [0.25, 0.3) is 0 Å².